The minimum absolute atomic E-state index is 0.00124. The van der Waals surface area contributed by atoms with Gasteiger partial charge in [0.05, 0.1) is 6.61 Å². The molecule has 202 valence electrons. The molecular formula is C32H56O3. The molecule has 0 saturated carbocycles. The molecule has 0 fully saturated rings. The summed E-state index contributed by atoms with van der Waals surface area (Å²) in [5.74, 6) is 1.52. The molecule has 0 aromatic heterocycles. The Morgan fingerprint density at radius 2 is 1.37 bits per heavy atom. The summed E-state index contributed by atoms with van der Waals surface area (Å²) in [4.78, 5) is 12.0. The lowest BCUT2D eigenvalue weighted by Gasteiger charge is -2.17. The summed E-state index contributed by atoms with van der Waals surface area (Å²) in [6.45, 7) is 7.28. The highest BCUT2D eigenvalue weighted by Crippen LogP contribution is 2.30. The van der Waals surface area contributed by atoms with E-state index in [2.05, 4.69) is 26.8 Å². The van der Waals surface area contributed by atoms with Gasteiger partial charge in [0.1, 0.15) is 5.75 Å². The Labute approximate surface area is 217 Å². The van der Waals surface area contributed by atoms with E-state index in [1.807, 2.05) is 12.1 Å². The van der Waals surface area contributed by atoms with Crippen LogP contribution in [0.2, 0.25) is 0 Å². The highest BCUT2D eigenvalue weighted by atomic mass is 16.5. The molecule has 0 radical (unpaired) electrons. The van der Waals surface area contributed by atoms with Crippen molar-refractivity contribution in [1.29, 1.82) is 0 Å². The highest BCUT2D eigenvalue weighted by molar-refractivity contribution is 5.69. The molecule has 1 aromatic carbocycles. The molecule has 1 rings (SSSR count). The van der Waals surface area contributed by atoms with Gasteiger partial charge in [-0.1, -0.05) is 123 Å². The van der Waals surface area contributed by atoms with Gasteiger partial charge < -0.3 is 9.84 Å². The number of phenols is 1. The van der Waals surface area contributed by atoms with Crippen molar-refractivity contribution in [2.24, 2.45) is 5.92 Å². The van der Waals surface area contributed by atoms with Crippen molar-refractivity contribution >= 4 is 5.97 Å². The zero-order chi connectivity index (χ0) is 25.6. The van der Waals surface area contributed by atoms with Crippen LogP contribution in [-0.4, -0.2) is 17.7 Å². The van der Waals surface area contributed by atoms with Gasteiger partial charge in [0.2, 0.25) is 0 Å². The zero-order valence-corrected chi connectivity index (χ0v) is 23.4. The van der Waals surface area contributed by atoms with Crippen molar-refractivity contribution in [1.82, 2.24) is 0 Å². The number of esters is 1. The van der Waals surface area contributed by atoms with Crippen molar-refractivity contribution in [3.05, 3.63) is 29.8 Å². The Kier molecular flexibility index (Phi) is 19.6. The molecule has 0 saturated heterocycles. The van der Waals surface area contributed by atoms with Crippen molar-refractivity contribution in [3.63, 3.8) is 0 Å². The molecule has 0 amide bonds. The third-order valence-corrected chi connectivity index (χ3v) is 7.45. The van der Waals surface area contributed by atoms with Gasteiger partial charge in [-0.05, 0) is 55.2 Å². The first kappa shape index (κ1) is 31.5. The van der Waals surface area contributed by atoms with Crippen LogP contribution in [0.1, 0.15) is 154 Å². The van der Waals surface area contributed by atoms with Gasteiger partial charge in [0.25, 0.3) is 0 Å². The van der Waals surface area contributed by atoms with Crippen LogP contribution in [0.4, 0.5) is 0 Å². The average Bonchev–Trinajstić information content (AvgIpc) is 2.86. The van der Waals surface area contributed by atoms with E-state index < -0.39 is 0 Å². The summed E-state index contributed by atoms with van der Waals surface area (Å²) in [7, 11) is 0. The van der Waals surface area contributed by atoms with Crippen molar-refractivity contribution in [2.75, 3.05) is 6.61 Å². The van der Waals surface area contributed by atoms with Crippen LogP contribution < -0.4 is 0 Å². The van der Waals surface area contributed by atoms with Crippen LogP contribution in [0.15, 0.2) is 24.3 Å². The molecule has 3 heteroatoms. The van der Waals surface area contributed by atoms with Gasteiger partial charge in [-0.25, -0.2) is 0 Å². The second-order valence-corrected chi connectivity index (χ2v) is 10.6. The molecule has 2 atom stereocenters. The maximum atomic E-state index is 12.0. The molecule has 0 aliphatic carbocycles. The SMILES string of the molecule is CCCCCC(CCCCCCCCCCCC(=O)OCC(CC)CCCC)c1cccc(O)c1. The van der Waals surface area contributed by atoms with E-state index in [0.717, 1.165) is 19.3 Å². The maximum Gasteiger partial charge on any atom is 0.305 e. The summed E-state index contributed by atoms with van der Waals surface area (Å²) < 4.78 is 5.50. The molecule has 0 aliphatic rings. The number of unbranched alkanes of at least 4 members (excludes halogenated alkanes) is 11. The fourth-order valence-electron chi connectivity index (χ4n) is 4.98. The summed E-state index contributed by atoms with van der Waals surface area (Å²) in [5.41, 5.74) is 1.31. The Morgan fingerprint density at radius 1 is 0.771 bits per heavy atom. The fourth-order valence-corrected chi connectivity index (χ4v) is 4.98. The van der Waals surface area contributed by atoms with Crippen LogP contribution >= 0.6 is 0 Å². The second kappa shape index (κ2) is 21.7. The van der Waals surface area contributed by atoms with Crippen LogP contribution in [-0.2, 0) is 9.53 Å². The monoisotopic (exact) mass is 488 g/mol. The Hall–Kier alpha value is -1.51. The topological polar surface area (TPSA) is 46.5 Å². The van der Waals surface area contributed by atoms with Crippen molar-refractivity contribution in [3.8, 4) is 5.75 Å². The van der Waals surface area contributed by atoms with Gasteiger partial charge in [-0.15, -0.1) is 0 Å². The molecular weight excluding hydrogens is 432 g/mol. The summed E-state index contributed by atoms with van der Waals surface area (Å²) >= 11 is 0. The second-order valence-electron chi connectivity index (χ2n) is 10.6. The Bertz CT molecular complexity index is 627. The van der Waals surface area contributed by atoms with Gasteiger partial charge in [-0.2, -0.15) is 0 Å². The number of ether oxygens (including phenoxy) is 1. The molecule has 2 unspecified atom stereocenters. The summed E-state index contributed by atoms with van der Waals surface area (Å²) in [5, 5.41) is 9.86. The van der Waals surface area contributed by atoms with Gasteiger partial charge >= 0.3 is 5.97 Å². The lowest BCUT2D eigenvalue weighted by Crippen LogP contribution is -2.13. The minimum atomic E-state index is -0.00124. The smallest absolute Gasteiger partial charge is 0.305 e. The number of carbonyl (C=O) groups is 1. The van der Waals surface area contributed by atoms with E-state index in [0.29, 0.717) is 30.6 Å². The Morgan fingerprint density at radius 3 is 1.97 bits per heavy atom. The number of aromatic hydroxyl groups is 1. The van der Waals surface area contributed by atoms with Gasteiger partial charge in [0, 0.05) is 6.42 Å². The number of hydrogen-bond acceptors (Lipinski definition) is 3. The lowest BCUT2D eigenvalue weighted by molar-refractivity contribution is -0.145. The maximum absolute atomic E-state index is 12.0. The zero-order valence-electron chi connectivity index (χ0n) is 23.4. The quantitative estimate of drug-likeness (QED) is 0.123. The molecule has 0 spiro atoms. The van der Waals surface area contributed by atoms with E-state index in [-0.39, 0.29) is 5.97 Å². The van der Waals surface area contributed by atoms with Gasteiger partial charge in [-0.3, -0.25) is 4.79 Å². The van der Waals surface area contributed by atoms with Crippen molar-refractivity contribution in [2.45, 2.75) is 149 Å². The number of carbonyl (C=O) groups excluding carboxylic acids is 1. The predicted octanol–water partition coefficient (Wildman–Crippen LogP) is 10.1. The highest BCUT2D eigenvalue weighted by Gasteiger charge is 2.12. The standard InChI is InChI=1S/C32H56O3/c1-4-7-16-21-29(30-23-19-24-31(33)26-30)22-17-14-12-10-9-11-13-15-18-25-32(34)35-27-28(6-3)20-8-5-2/h19,23-24,26,28-29,33H,4-18,20-22,25,27H2,1-3H3. The van der Waals surface area contributed by atoms with Crippen LogP contribution in [0.25, 0.3) is 0 Å². The predicted molar refractivity (Wildman–Crippen MR) is 150 cm³/mol. The summed E-state index contributed by atoms with van der Waals surface area (Å²) in [6.07, 6.45) is 22.8. The third kappa shape index (κ3) is 16.7. The van der Waals surface area contributed by atoms with E-state index in [1.165, 1.54) is 102 Å². The van der Waals surface area contributed by atoms with Crippen LogP contribution in [0.5, 0.6) is 5.75 Å². The molecule has 0 bridgehead atoms. The van der Waals surface area contributed by atoms with E-state index in [1.54, 1.807) is 6.07 Å². The number of benzene rings is 1. The fraction of sp³-hybridized carbons (Fsp3) is 0.781. The normalized spacial score (nSPS) is 13.0. The molecule has 35 heavy (non-hydrogen) atoms. The number of hydrogen-bond donors (Lipinski definition) is 1. The number of phenolic OH excluding ortho intramolecular Hbond substituents is 1. The van der Waals surface area contributed by atoms with Gasteiger partial charge in [0.15, 0.2) is 0 Å². The van der Waals surface area contributed by atoms with Crippen molar-refractivity contribution < 1.29 is 14.6 Å². The van der Waals surface area contributed by atoms with Crippen LogP contribution in [0.3, 0.4) is 0 Å². The van der Waals surface area contributed by atoms with E-state index >= 15 is 0 Å². The number of rotatable bonds is 23. The minimum Gasteiger partial charge on any atom is -0.508 e. The summed E-state index contributed by atoms with van der Waals surface area (Å²) in [6, 6.07) is 7.91. The van der Waals surface area contributed by atoms with Crippen LogP contribution in [0, 0.1) is 5.92 Å². The third-order valence-electron chi connectivity index (χ3n) is 7.45. The molecule has 0 heterocycles. The largest absolute Gasteiger partial charge is 0.508 e. The first-order valence-electron chi connectivity index (χ1n) is 15.0. The lowest BCUT2D eigenvalue weighted by atomic mass is 9.88. The van der Waals surface area contributed by atoms with E-state index in [4.69, 9.17) is 4.74 Å². The Balaban J connectivity index is 2.04. The molecule has 0 aliphatic heterocycles. The molecule has 1 N–H and O–H groups in total. The molecule has 3 nitrogen and oxygen atoms in total. The average molecular weight is 489 g/mol. The first-order chi connectivity index (χ1) is 17.1. The van der Waals surface area contributed by atoms with E-state index in [9.17, 15) is 9.90 Å². The molecule has 1 aromatic rings. The first-order valence-corrected chi connectivity index (χ1v) is 15.0.